The summed E-state index contributed by atoms with van der Waals surface area (Å²) in [5.41, 5.74) is 6.98. The zero-order chi connectivity index (χ0) is 11.1. The molecule has 1 aromatic carbocycles. The first-order chi connectivity index (χ1) is 7.02. The third kappa shape index (κ3) is 2.00. The van der Waals surface area contributed by atoms with Gasteiger partial charge in [0.05, 0.1) is 5.25 Å². The molecular formula is C10H15N2OPS. The second-order valence-electron chi connectivity index (χ2n) is 3.82. The SMILES string of the molecule is C[C@H]1[C@@H](c2ccccc2)SP(N)(=O)N1C. The number of likely N-dealkylation sites (N-methyl/N-ethyl adjacent to an activating group) is 1. The minimum absolute atomic E-state index is 0.215. The Kier molecular flexibility index (Phi) is 2.95. The lowest BCUT2D eigenvalue weighted by Crippen LogP contribution is -2.24. The van der Waals surface area contributed by atoms with Crippen molar-refractivity contribution >= 4 is 18.0 Å². The van der Waals surface area contributed by atoms with Crippen LogP contribution >= 0.6 is 18.0 Å². The number of hydrogen-bond donors (Lipinski definition) is 1. The van der Waals surface area contributed by atoms with Gasteiger partial charge in [0.15, 0.2) is 0 Å². The van der Waals surface area contributed by atoms with Crippen LogP contribution in [0.15, 0.2) is 30.3 Å². The molecule has 1 aliphatic rings. The van der Waals surface area contributed by atoms with E-state index in [1.54, 1.807) is 4.67 Å². The molecule has 0 radical (unpaired) electrons. The lowest BCUT2D eigenvalue weighted by atomic mass is 10.1. The Morgan fingerprint density at radius 2 is 2.00 bits per heavy atom. The van der Waals surface area contributed by atoms with Gasteiger partial charge in [-0.1, -0.05) is 41.7 Å². The lowest BCUT2D eigenvalue weighted by Gasteiger charge is -2.19. The molecule has 1 unspecified atom stereocenters. The van der Waals surface area contributed by atoms with Crippen molar-refractivity contribution in [2.45, 2.75) is 18.2 Å². The van der Waals surface area contributed by atoms with E-state index in [0.29, 0.717) is 0 Å². The normalized spacial score (nSPS) is 37.0. The molecule has 0 spiro atoms. The molecule has 0 aliphatic carbocycles. The molecule has 1 heterocycles. The highest BCUT2D eigenvalue weighted by molar-refractivity contribution is 8.57. The summed E-state index contributed by atoms with van der Waals surface area (Å²) in [5.74, 6) is 0. The van der Waals surface area contributed by atoms with Gasteiger partial charge in [-0.2, -0.15) is 0 Å². The van der Waals surface area contributed by atoms with Crippen molar-refractivity contribution < 1.29 is 4.57 Å². The molecule has 82 valence electrons. The van der Waals surface area contributed by atoms with Crippen LogP contribution in [0, 0.1) is 0 Å². The molecule has 5 heteroatoms. The summed E-state index contributed by atoms with van der Waals surface area (Å²) in [4.78, 5) is 0. The summed E-state index contributed by atoms with van der Waals surface area (Å²) < 4.78 is 13.8. The van der Waals surface area contributed by atoms with Crippen LogP contribution in [-0.4, -0.2) is 17.8 Å². The second kappa shape index (κ2) is 3.95. The van der Waals surface area contributed by atoms with Crippen LogP contribution in [0.4, 0.5) is 0 Å². The average Bonchev–Trinajstić information content (AvgIpc) is 2.44. The van der Waals surface area contributed by atoms with Gasteiger partial charge in [-0.05, 0) is 19.5 Å². The molecule has 1 fully saturated rings. The quantitative estimate of drug-likeness (QED) is 0.769. The van der Waals surface area contributed by atoms with Gasteiger partial charge >= 0.3 is 0 Å². The molecule has 2 N–H and O–H groups in total. The molecular weight excluding hydrogens is 227 g/mol. The highest BCUT2D eigenvalue weighted by Crippen LogP contribution is 2.68. The molecule has 2 rings (SSSR count). The smallest absolute Gasteiger partial charge is 0.267 e. The summed E-state index contributed by atoms with van der Waals surface area (Å²) >= 11 is 1.40. The van der Waals surface area contributed by atoms with Gasteiger partial charge in [0.1, 0.15) is 0 Å². The van der Waals surface area contributed by atoms with E-state index < -0.39 is 6.65 Å². The Morgan fingerprint density at radius 1 is 1.40 bits per heavy atom. The predicted molar refractivity (Wildman–Crippen MR) is 65.8 cm³/mol. The number of rotatable bonds is 1. The fourth-order valence-corrected chi connectivity index (χ4v) is 6.36. The first-order valence-electron chi connectivity index (χ1n) is 4.87. The van der Waals surface area contributed by atoms with E-state index in [0.717, 1.165) is 0 Å². The van der Waals surface area contributed by atoms with Gasteiger partial charge in [0.25, 0.3) is 6.65 Å². The summed E-state index contributed by atoms with van der Waals surface area (Å²) in [6.07, 6.45) is 0. The number of nitrogens with zero attached hydrogens (tertiary/aromatic N) is 1. The Bertz CT molecular complexity index is 398. The summed E-state index contributed by atoms with van der Waals surface area (Å²) in [5, 5.41) is 0.215. The highest BCUT2D eigenvalue weighted by atomic mass is 32.7. The number of nitrogens with two attached hydrogens (primary N) is 1. The minimum Gasteiger partial charge on any atom is -0.277 e. The molecule has 0 saturated carbocycles. The second-order valence-corrected chi connectivity index (χ2v) is 8.49. The van der Waals surface area contributed by atoms with Crippen molar-refractivity contribution in [1.82, 2.24) is 4.67 Å². The maximum Gasteiger partial charge on any atom is 0.267 e. The number of hydrogen-bond acceptors (Lipinski definition) is 2. The molecule has 3 nitrogen and oxygen atoms in total. The van der Waals surface area contributed by atoms with Gasteiger partial charge in [0, 0.05) is 6.04 Å². The van der Waals surface area contributed by atoms with Gasteiger partial charge in [-0.15, -0.1) is 0 Å². The van der Waals surface area contributed by atoms with Gasteiger partial charge < -0.3 is 0 Å². The van der Waals surface area contributed by atoms with E-state index in [2.05, 4.69) is 19.1 Å². The zero-order valence-corrected chi connectivity index (χ0v) is 10.5. The Hall–Kier alpha value is -0.280. The zero-order valence-electron chi connectivity index (χ0n) is 8.83. The number of benzene rings is 1. The van der Waals surface area contributed by atoms with E-state index >= 15 is 0 Å². The standard InChI is InChI=1S/C10H15N2OPS/c1-8-10(9-6-4-3-5-7-9)15-14(11,13)12(8)2/h3-8,10H,1-2H3,(H2,11,13)/t8-,10-,14?/m0/s1. The van der Waals surface area contributed by atoms with Crippen molar-refractivity contribution in [2.24, 2.45) is 5.50 Å². The molecule has 0 bridgehead atoms. The van der Waals surface area contributed by atoms with E-state index in [9.17, 15) is 4.57 Å². The minimum atomic E-state index is -2.66. The first-order valence-corrected chi connectivity index (χ1v) is 8.09. The molecule has 1 saturated heterocycles. The van der Waals surface area contributed by atoms with Crippen molar-refractivity contribution in [3.8, 4) is 0 Å². The van der Waals surface area contributed by atoms with Crippen LogP contribution in [0.5, 0.6) is 0 Å². The fourth-order valence-electron chi connectivity index (χ4n) is 1.76. The molecule has 0 amide bonds. The van der Waals surface area contributed by atoms with Gasteiger partial charge in [-0.3, -0.25) is 10.1 Å². The van der Waals surface area contributed by atoms with Gasteiger partial charge in [-0.25, -0.2) is 4.67 Å². The topological polar surface area (TPSA) is 46.3 Å². The summed E-state index contributed by atoms with van der Waals surface area (Å²) in [7, 11) is 1.83. The predicted octanol–water partition coefficient (Wildman–Crippen LogP) is 2.86. The molecule has 1 aromatic rings. The van der Waals surface area contributed by atoms with E-state index in [-0.39, 0.29) is 11.3 Å². The maximum atomic E-state index is 12.0. The van der Waals surface area contributed by atoms with E-state index in [4.69, 9.17) is 5.50 Å². The van der Waals surface area contributed by atoms with Crippen LogP contribution in [0.1, 0.15) is 17.7 Å². The van der Waals surface area contributed by atoms with Crippen LogP contribution in [-0.2, 0) is 4.57 Å². The van der Waals surface area contributed by atoms with Crippen LogP contribution in [0.25, 0.3) is 0 Å². The Labute approximate surface area is 94.3 Å². The maximum absolute atomic E-state index is 12.0. The summed E-state index contributed by atoms with van der Waals surface area (Å²) in [6.45, 7) is -0.595. The lowest BCUT2D eigenvalue weighted by molar-refractivity contribution is 0.402. The molecule has 3 atom stereocenters. The molecule has 0 aromatic heterocycles. The monoisotopic (exact) mass is 242 g/mol. The fraction of sp³-hybridized carbons (Fsp3) is 0.400. The average molecular weight is 242 g/mol. The van der Waals surface area contributed by atoms with Crippen LogP contribution in [0.3, 0.4) is 0 Å². The third-order valence-electron chi connectivity index (χ3n) is 2.86. The summed E-state index contributed by atoms with van der Waals surface area (Å²) in [6, 6.07) is 10.3. The van der Waals surface area contributed by atoms with Crippen molar-refractivity contribution in [3.05, 3.63) is 35.9 Å². The van der Waals surface area contributed by atoms with Crippen LogP contribution in [0.2, 0.25) is 0 Å². The van der Waals surface area contributed by atoms with Gasteiger partial charge in [0.2, 0.25) is 0 Å². The van der Waals surface area contributed by atoms with Crippen LogP contribution < -0.4 is 5.50 Å². The van der Waals surface area contributed by atoms with Crippen molar-refractivity contribution in [2.75, 3.05) is 7.05 Å². The van der Waals surface area contributed by atoms with Crippen molar-refractivity contribution in [3.63, 3.8) is 0 Å². The van der Waals surface area contributed by atoms with Crippen molar-refractivity contribution in [1.29, 1.82) is 0 Å². The largest absolute Gasteiger partial charge is 0.277 e. The molecule has 1 aliphatic heterocycles. The van der Waals surface area contributed by atoms with E-state index in [1.165, 1.54) is 16.9 Å². The Morgan fingerprint density at radius 3 is 2.47 bits per heavy atom. The third-order valence-corrected chi connectivity index (χ3v) is 7.66. The highest BCUT2D eigenvalue weighted by Gasteiger charge is 2.43. The molecule has 15 heavy (non-hydrogen) atoms. The first kappa shape index (κ1) is 11.2. The Balaban J connectivity index is 2.31. The van der Waals surface area contributed by atoms with E-state index in [1.807, 2.05) is 25.2 Å².